The molecule has 158 valence electrons. The Hall–Kier alpha value is -2.11. The zero-order chi connectivity index (χ0) is 21.0. The summed E-state index contributed by atoms with van der Waals surface area (Å²) in [5.74, 6) is 1.18. The van der Waals surface area contributed by atoms with Crippen molar-refractivity contribution in [2.24, 2.45) is 0 Å². The lowest BCUT2D eigenvalue weighted by Crippen LogP contribution is -2.30. The minimum Gasteiger partial charge on any atom is -0.341 e. The lowest BCUT2D eigenvalue weighted by Gasteiger charge is -2.18. The summed E-state index contributed by atoms with van der Waals surface area (Å²) in [7, 11) is -3.52. The number of H-pyrrole nitrogens is 2. The Bertz CT molecular complexity index is 1130. The second-order valence-electron chi connectivity index (χ2n) is 6.56. The van der Waals surface area contributed by atoms with Crippen molar-refractivity contribution >= 4 is 32.8 Å². The van der Waals surface area contributed by atoms with E-state index < -0.39 is 10.0 Å². The molecule has 2 aromatic heterocycles. The van der Waals surface area contributed by atoms with Crippen LogP contribution in [0.1, 0.15) is 39.4 Å². The largest absolute Gasteiger partial charge is 0.343 e. The van der Waals surface area contributed by atoms with E-state index in [2.05, 4.69) is 27.1 Å². The van der Waals surface area contributed by atoms with E-state index in [4.69, 9.17) is 0 Å². The van der Waals surface area contributed by atoms with Crippen molar-refractivity contribution in [1.29, 1.82) is 0 Å². The van der Waals surface area contributed by atoms with Crippen molar-refractivity contribution in [2.45, 2.75) is 56.0 Å². The van der Waals surface area contributed by atoms with Crippen molar-refractivity contribution in [1.82, 2.24) is 29.0 Å². The number of sulfonamides is 1. The maximum Gasteiger partial charge on any atom is 0.343 e. The van der Waals surface area contributed by atoms with Gasteiger partial charge in [0.25, 0.3) is 0 Å². The topological polar surface area (TPSA) is 117 Å². The van der Waals surface area contributed by atoms with Gasteiger partial charge in [-0.15, -0.1) is 5.10 Å². The smallest absolute Gasteiger partial charge is 0.341 e. The van der Waals surface area contributed by atoms with Crippen molar-refractivity contribution in [3.8, 4) is 0 Å². The molecule has 0 unspecified atom stereocenters. The number of imidazole rings is 1. The monoisotopic (exact) mass is 438 g/mol. The molecular weight excluding hydrogens is 412 g/mol. The van der Waals surface area contributed by atoms with E-state index in [1.165, 1.54) is 16.1 Å². The maximum absolute atomic E-state index is 12.7. The van der Waals surface area contributed by atoms with Crippen LogP contribution >= 0.6 is 11.8 Å². The fourth-order valence-corrected chi connectivity index (χ4v) is 5.37. The molecule has 0 bridgehead atoms. The summed E-state index contributed by atoms with van der Waals surface area (Å²) in [6.45, 7) is 7.18. The van der Waals surface area contributed by atoms with Gasteiger partial charge < -0.3 is 4.98 Å². The number of nitrogens with one attached hydrogen (secondary N) is 2. The van der Waals surface area contributed by atoms with Crippen LogP contribution in [0.4, 0.5) is 0 Å². The number of nitrogens with zero attached hydrogens (tertiary/aromatic N) is 4. The van der Waals surface area contributed by atoms with E-state index in [1.54, 1.807) is 22.8 Å². The molecule has 11 heteroatoms. The number of benzene rings is 1. The third-order valence-corrected chi connectivity index (χ3v) is 7.68. The molecule has 0 spiro atoms. The molecular formula is C18H26N6O3S2. The normalized spacial score (nSPS) is 12.3. The summed E-state index contributed by atoms with van der Waals surface area (Å²) in [6, 6.07) is 4.92. The Morgan fingerprint density at radius 3 is 2.66 bits per heavy atom. The second-order valence-corrected chi connectivity index (χ2v) is 9.44. The molecule has 3 aromatic rings. The quantitative estimate of drug-likeness (QED) is 0.470. The Labute approximate surface area is 174 Å². The zero-order valence-corrected chi connectivity index (χ0v) is 18.4. The molecule has 0 fully saturated rings. The number of hydrogen-bond donors (Lipinski definition) is 2. The van der Waals surface area contributed by atoms with Gasteiger partial charge in [0.05, 0.1) is 21.7 Å². The van der Waals surface area contributed by atoms with E-state index in [0.29, 0.717) is 47.4 Å². The minimum absolute atomic E-state index is 0.211. The highest BCUT2D eigenvalue weighted by Crippen LogP contribution is 2.23. The standard InChI is InChI=1S/C18H26N6O3S2/c1-4-7-10-24-17(25)21-22-18(24)28-12-16-19-14-9-8-13(11-15(14)20-16)29(26,27)23(5-2)6-3/h8-9,11H,4-7,10,12H2,1-3H3,(H,19,20)(H,21,25). The third kappa shape index (κ3) is 4.57. The molecule has 3 rings (SSSR count). The van der Waals surface area contributed by atoms with Gasteiger partial charge in [-0.2, -0.15) is 4.31 Å². The second kappa shape index (κ2) is 9.14. The van der Waals surface area contributed by atoms with Gasteiger partial charge in [0.2, 0.25) is 10.0 Å². The number of unbranched alkanes of at least 4 members (excludes halogenated alkanes) is 1. The molecule has 2 heterocycles. The highest BCUT2D eigenvalue weighted by molar-refractivity contribution is 7.98. The van der Waals surface area contributed by atoms with Crippen LogP contribution in [0.15, 0.2) is 33.0 Å². The highest BCUT2D eigenvalue weighted by atomic mass is 32.2. The number of rotatable bonds is 10. The van der Waals surface area contributed by atoms with Crippen LogP contribution in [0, 0.1) is 0 Å². The number of thioether (sulfide) groups is 1. The van der Waals surface area contributed by atoms with Gasteiger partial charge >= 0.3 is 5.69 Å². The van der Waals surface area contributed by atoms with E-state index in [0.717, 1.165) is 12.8 Å². The average molecular weight is 439 g/mol. The highest BCUT2D eigenvalue weighted by Gasteiger charge is 2.22. The molecule has 0 radical (unpaired) electrons. The Balaban J connectivity index is 1.80. The van der Waals surface area contributed by atoms with Gasteiger partial charge in [-0.05, 0) is 24.6 Å². The van der Waals surface area contributed by atoms with Gasteiger partial charge in [0.15, 0.2) is 5.16 Å². The van der Waals surface area contributed by atoms with Gasteiger partial charge in [-0.25, -0.2) is 23.3 Å². The van der Waals surface area contributed by atoms with Crippen LogP contribution in [0.3, 0.4) is 0 Å². The van der Waals surface area contributed by atoms with Crippen molar-refractivity contribution in [3.63, 3.8) is 0 Å². The molecule has 0 aliphatic heterocycles. The molecule has 0 saturated heterocycles. The Morgan fingerprint density at radius 1 is 1.21 bits per heavy atom. The summed E-state index contributed by atoms with van der Waals surface area (Å²) < 4.78 is 28.5. The molecule has 0 aliphatic rings. The maximum atomic E-state index is 12.7. The molecule has 2 N–H and O–H groups in total. The van der Waals surface area contributed by atoms with E-state index >= 15 is 0 Å². The van der Waals surface area contributed by atoms with Crippen molar-refractivity contribution in [2.75, 3.05) is 13.1 Å². The van der Waals surface area contributed by atoms with Crippen LogP contribution in [0.5, 0.6) is 0 Å². The summed E-state index contributed by atoms with van der Waals surface area (Å²) in [5, 5.41) is 7.19. The summed E-state index contributed by atoms with van der Waals surface area (Å²) in [5.41, 5.74) is 1.15. The summed E-state index contributed by atoms with van der Waals surface area (Å²) in [4.78, 5) is 19.8. The molecule has 0 aliphatic carbocycles. The summed E-state index contributed by atoms with van der Waals surface area (Å²) in [6.07, 6.45) is 1.89. The third-order valence-electron chi connectivity index (χ3n) is 4.64. The Kier molecular flexibility index (Phi) is 6.81. The van der Waals surface area contributed by atoms with E-state index in [9.17, 15) is 13.2 Å². The summed E-state index contributed by atoms with van der Waals surface area (Å²) >= 11 is 1.41. The van der Waals surface area contributed by atoms with E-state index in [-0.39, 0.29) is 10.6 Å². The average Bonchev–Trinajstić information content (AvgIpc) is 3.27. The van der Waals surface area contributed by atoms with Gasteiger partial charge in [0.1, 0.15) is 5.82 Å². The fraction of sp³-hybridized carbons (Fsp3) is 0.500. The first-order valence-electron chi connectivity index (χ1n) is 9.67. The SMILES string of the molecule is CCCCn1c(SCc2nc3ccc(S(=O)(=O)N(CC)CC)cc3[nH]2)n[nH]c1=O. The molecule has 1 aromatic carbocycles. The zero-order valence-electron chi connectivity index (χ0n) is 16.8. The molecule has 0 atom stereocenters. The predicted octanol–water partition coefficient (Wildman–Crippen LogP) is 2.57. The van der Waals surface area contributed by atoms with Crippen LogP contribution in [0.2, 0.25) is 0 Å². The van der Waals surface area contributed by atoms with Gasteiger partial charge in [0, 0.05) is 19.6 Å². The first kappa shape index (κ1) is 21.6. The Morgan fingerprint density at radius 2 is 1.97 bits per heavy atom. The first-order valence-corrected chi connectivity index (χ1v) is 12.1. The van der Waals surface area contributed by atoms with Crippen LogP contribution < -0.4 is 5.69 Å². The molecule has 9 nitrogen and oxygen atoms in total. The molecule has 0 saturated carbocycles. The van der Waals surface area contributed by atoms with E-state index in [1.807, 2.05) is 13.8 Å². The lowest BCUT2D eigenvalue weighted by molar-refractivity contribution is 0.445. The van der Waals surface area contributed by atoms with Crippen molar-refractivity contribution < 1.29 is 8.42 Å². The van der Waals surface area contributed by atoms with Crippen LogP contribution in [0.25, 0.3) is 11.0 Å². The lowest BCUT2D eigenvalue weighted by atomic mass is 10.3. The number of fused-ring (bicyclic) bond motifs is 1. The van der Waals surface area contributed by atoms with Crippen molar-refractivity contribution in [3.05, 3.63) is 34.5 Å². The van der Waals surface area contributed by atoms with Gasteiger partial charge in [-0.3, -0.25) is 4.57 Å². The molecule has 29 heavy (non-hydrogen) atoms. The number of aromatic amines is 2. The minimum atomic E-state index is -3.52. The fourth-order valence-electron chi connectivity index (χ4n) is 3.04. The first-order chi connectivity index (χ1) is 13.9. The predicted molar refractivity (Wildman–Crippen MR) is 114 cm³/mol. The molecule has 0 amide bonds. The number of hydrogen-bond acceptors (Lipinski definition) is 6. The van der Waals surface area contributed by atoms with Crippen LogP contribution in [-0.2, 0) is 22.3 Å². The number of aromatic nitrogens is 5. The van der Waals surface area contributed by atoms with Crippen LogP contribution in [-0.4, -0.2) is 50.5 Å². The van der Waals surface area contributed by atoms with Gasteiger partial charge in [-0.1, -0.05) is 39.0 Å².